The van der Waals surface area contributed by atoms with Gasteiger partial charge in [-0.15, -0.1) is 0 Å². The zero-order valence-corrected chi connectivity index (χ0v) is 21.9. The molecule has 10 atom stereocenters. The van der Waals surface area contributed by atoms with E-state index in [4.69, 9.17) is 4.74 Å². The molecule has 0 N–H and O–H groups in total. The van der Waals surface area contributed by atoms with Crippen molar-refractivity contribution in [3.05, 3.63) is 0 Å². The Morgan fingerprint density at radius 2 is 1.76 bits per heavy atom. The maximum absolute atomic E-state index is 14.8. The van der Waals surface area contributed by atoms with Gasteiger partial charge in [-0.25, -0.2) is 4.39 Å². The van der Waals surface area contributed by atoms with Gasteiger partial charge < -0.3 is 4.74 Å². The third kappa shape index (κ3) is 4.42. The number of esters is 1. The van der Waals surface area contributed by atoms with Crippen molar-refractivity contribution in [2.75, 3.05) is 0 Å². The number of alkyl halides is 1. The third-order valence-corrected chi connectivity index (χ3v) is 11.0. The van der Waals surface area contributed by atoms with E-state index in [0.29, 0.717) is 29.6 Å². The van der Waals surface area contributed by atoms with Gasteiger partial charge in [-0.1, -0.05) is 53.9 Å². The zero-order chi connectivity index (χ0) is 24.1. The van der Waals surface area contributed by atoms with Crippen molar-refractivity contribution < 1.29 is 18.7 Å². The van der Waals surface area contributed by atoms with Gasteiger partial charge in [-0.2, -0.15) is 0 Å². The normalized spacial score (nSPS) is 45.8. The SMILES string of the molecule is CC(=O)OC1C[C@H]2[C@@H]3CC[C@H]([C@H](C)CCCC(C)C)[C@@]3(C)CC[C@@H]2[C@@]2(C)CC(F)C(=O)CC12. The Hall–Kier alpha value is -0.930. The number of ether oxygens (including phenoxy) is 1. The quantitative estimate of drug-likeness (QED) is 0.393. The standard InChI is InChI=1S/C29H47FO3/c1-17(2)8-7-9-18(3)21-10-11-22-20-14-27(33-19(4)31)24-15-26(32)25(30)16-29(24,6)23(20)12-13-28(21,22)5/h17-18,20-25,27H,7-16H2,1-6H3/t18-,20+,21-,22+,23+,24?,25?,27?,28-,29-/m1/s1. The molecule has 188 valence electrons. The van der Waals surface area contributed by atoms with Gasteiger partial charge in [0.1, 0.15) is 6.10 Å². The number of halogens is 1. The predicted molar refractivity (Wildman–Crippen MR) is 129 cm³/mol. The van der Waals surface area contributed by atoms with Crippen molar-refractivity contribution in [1.29, 1.82) is 0 Å². The molecule has 33 heavy (non-hydrogen) atoms. The molecule has 0 aliphatic heterocycles. The second kappa shape index (κ2) is 9.26. The molecule has 4 heteroatoms. The Morgan fingerprint density at radius 3 is 2.42 bits per heavy atom. The van der Waals surface area contributed by atoms with Crippen LogP contribution in [0, 0.1) is 52.3 Å². The van der Waals surface area contributed by atoms with Gasteiger partial charge in [0, 0.05) is 19.3 Å². The fourth-order valence-electron chi connectivity index (χ4n) is 9.45. The average molecular weight is 463 g/mol. The maximum Gasteiger partial charge on any atom is 0.302 e. The van der Waals surface area contributed by atoms with Crippen molar-refractivity contribution in [2.24, 2.45) is 52.3 Å². The van der Waals surface area contributed by atoms with E-state index in [1.165, 1.54) is 45.4 Å². The molecule has 0 radical (unpaired) electrons. The summed E-state index contributed by atoms with van der Waals surface area (Å²) >= 11 is 0. The smallest absolute Gasteiger partial charge is 0.302 e. The second-order valence-corrected chi connectivity index (χ2v) is 13.2. The van der Waals surface area contributed by atoms with Crippen LogP contribution in [0.5, 0.6) is 0 Å². The number of carbonyl (C=O) groups is 2. The maximum atomic E-state index is 14.8. The van der Waals surface area contributed by atoms with Crippen molar-refractivity contribution in [3.8, 4) is 0 Å². The van der Waals surface area contributed by atoms with E-state index in [-0.39, 0.29) is 35.6 Å². The topological polar surface area (TPSA) is 43.4 Å². The van der Waals surface area contributed by atoms with Crippen LogP contribution in [-0.4, -0.2) is 24.0 Å². The third-order valence-electron chi connectivity index (χ3n) is 11.0. The number of hydrogen-bond acceptors (Lipinski definition) is 3. The van der Waals surface area contributed by atoms with Crippen molar-refractivity contribution in [1.82, 2.24) is 0 Å². The van der Waals surface area contributed by atoms with Crippen molar-refractivity contribution >= 4 is 11.8 Å². The van der Waals surface area contributed by atoms with E-state index in [1.807, 2.05) is 0 Å². The van der Waals surface area contributed by atoms with E-state index < -0.39 is 6.17 Å². The molecule has 3 unspecified atom stereocenters. The molecule has 4 aliphatic carbocycles. The fraction of sp³-hybridized carbons (Fsp3) is 0.931. The van der Waals surface area contributed by atoms with E-state index in [0.717, 1.165) is 30.6 Å². The summed E-state index contributed by atoms with van der Waals surface area (Å²) in [4.78, 5) is 24.3. The molecular formula is C29H47FO3. The van der Waals surface area contributed by atoms with Crippen LogP contribution in [0.3, 0.4) is 0 Å². The number of carbonyl (C=O) groups excluding carboxylic acids is 2. The van der Waals surface area contributed by atoms with Crippen LogP contribution in [-0.2, 0) is 14.3 Å². The minimum Gasteiger partial charge on any atom is -0.462 e. The molecule has 0 spiro atoms. The Kier molecular flexibility index (Phi) is 7.07. The second-order valence-electron chi connectivity index (χ2n) is 13.2. The molecule has 0 saturated heterocycles. The lowest BCUT2D eigenvalue weighted by Crippen LogP contribution is -2.60. The summed E-state index contributed by atoms with van der Waals surface area (Å²) in [7, 11) is 0. The summed E-state index contributed by atoms with van der Waals surface area (Å²) in [6, 6.07) is 0. The fourth-order valence-corrected chi connectivity index (χ4v) is 9.45. The minimum atomic E-state index is -1.35. The average Bonchev–Trinajstić information content (AvgIpc) is 3.06. The lowest BCUT2D eigenvalue weighted by atomic mass is 9.43. The molecular weight excluding hydrogens is 415 g/mol. The molecule has 0 aromatic rings. The Bertz CT molecular complexity index is 749. The summed E-state index contributed by atoms with van der Waals surface area (Å²) in [6.07, 6.45) is 8.68. The van der Waals surface area contributed by atoms with Crippen molar-refractivity contribution in [2.45, 2.75) is 118 Å². The van der Waals surface area contributed by atoms with Gasteiger partial charge in [0.05, 0.1) is 0 Å². The van der Waals surface area contributed by atoms with E-state index >= 15 is 0 Å². The molecule has 4 fully saturated rings. The largest absolute Gasteiger partial charge is 0.462 e. The lowest BCUT2D eigenvalue weighted by Gasteiger charge is -2.62. The van der Waals surface area contributed by atoms with Crippen LogP contribution < -0.4 is 0 Å². The monoisotopic (exact) mass is 462 g/mol. The Morgan fingerprint density at radius 1 is 1.06 bits per heavy atom. The highest BCUT2D eigenvalue weighted by Crippen LogP contribution is 2.68. The first kappa shape index (κ1) is 25.2. The summed E-state index contributed by atoms with van der Waals surface area (Å²) in [5.74, 6) is 3.23. The summed E-state index contributed by atoms with van der Waals surface area (Å²) in [6.45, 7) is 13.3. The van der Waals surface area contributed by atoms with Crippen LogP contribution in [0.15, 0.2) is 0 Å². The Labute approximate surface area is 201 Å². The van der Waals surface area contributed by atoms with E-state index in [9.17, 15) is 14.0 Å². The van der Waals surface area contributed by atoms with Gasteiger partial charge in [0.2, 0.25) is 0 Å². The molecule has 0 bridgehead atoms. The molecule has 3 nitrogen and oxygen atoms in total. The number of ketones is 1. The zero-order valence-electron chi connectivity index (χ0n) is 21.9. The van der Waals surface area contributed by atoms with Crippen LogP contribution >= 0.6 is 0 Å². The molecule has 4 saturated carbocycles. The minimum absolute atomic E-state index is 0.0290. The highest BCUT2D eigenvalue weighted by Gasteiger charge is 2.64. The first-order chi connectivity index (χ1) is 15.5. The molecule has 0 aromatic carbocycles. The molecule has 4 aliphatic rings. The van der Waals surface area contributed by atoms with Crippen LogP contribution in [0.1, 0.15) is 106 Å². The van der Waals surface area contributed by atoms with Gasteiger partial charge in [0.15, 0.2) is 12.0 Å². The summed E-state index contributed by atoms with van der Waals surface area (Å²) in [5, 5.41) is 0. The van der Waals surface area contributed by atoms with E-state index in [2.05, 4.69) is 34.6 Å². The number of hydrogen-bond donors (Lipinski definition) is 0. The van der Waals surface area contributed by atoms with Gasteiger partial charge in [-0.3, -0.25) is 9.59 Å². The molecule has 0 amide bonds. The molecule has 0 aromatic heterocycles. The first-order valence-electron chi connectivity index (χ1n) is 13.8. The summed E-state index contributed by atoms with van der Waals surface area (Å²) in [5.41, 5.74) is 0.0840. The number of Topliss-reactive ketones (excluding diaryl/α,β-unsaturated/α-hetero) is 1. The van der Waals surface area contributed by atoms with Gasteiger partial charge >= 0.3 is 5.97 Å². The summed E-state index contributed by atoms with van der Waals surface area (Å²) < 4.78 is 20.6. The number of rotatable bonds is 6. The predicted octanol–water partition coefficient (Wildman–Crippen LogP) is 7.17. The van der Waals surface area contributed by atoms with Crippen LogP contribution in [0.4, 0.5) is 4.39 Å². The lowest BCUT2D eigenvalue weighted by molar-refractivity contribution is -0.191. The van der Waals surface area contributed by atoms with Crippen molar-refractivity contribution in [3.63, 3.8) is 0 Å². The molecule has 0 heterocycles. The van der Waals surface area contributed by atoms with Crippen LogP contribution in [0.25, 0.3) is 0 Å². The molecule has 4 rings (SSSR count). The highest BCUT2D eigenvalue weighted by atomic mass is 19.1. The Balaban J connectivity index is 1.57. The number of fused-ring (bicyclic) bond motifs is 5. The van der Waals surface area contributed by atoms with Gasteiger partial charge in [0.25, 0.3) is 0 Å². The van der Waals surface area contributed by atoms with Crippen LogP contribution in [0.2, 0.25) is 0 Å². The van der Waals surface area contributed by atoms with Gasteiger partial charge in [-0.05, 0) is 84.9 Å². The first-order valence-corrected chi connectivity index (χ1v) is 13.8. The highest BCUT2D eigenvalue weighted by molar-refractivity contribution is 5.84. The van der Waals surface area contributed by atoms with E-state index in [1.54, 1.807) is 0 Å².